The van der Waals surface area contributed by atoms with E-state index in [0.29, 0.717) is 11.4 Å². The molecule has 0 spiro atoms. The van der Waals surface area contributed by atoms with Crippen LogP contribution < -0.4 is 10.1 Å². The summed E-state index contributed by atoms with van der Waals surface area (Å²) in [6, 6.07) is 5.43. The topological polar surface area (TPSA) is 38.3 Å². The highest BCUT2D eigenvalue weighted by Crippen LogP contribution is 2.30. The van der Waals surface area contributed by atoms with Crippen LogP contribution in [0.5, 0.6) is 5.75 Å². The van der Waals surface area contributed by atoms with Crippen LogP contribution in [-0.2, 0) is 11.2 Å². The number of ether oxygens (including phenoxy) is 1. The van der Waals surface area contributed by atoms with Crippen LogP contribution in [0.15, 0.2) is 18.2 Å². The monoisotopic (exact) mass is 295 g/mol. The highest BCUT2D eigenvalue weighted by molar-refractivity contribution is 6.30. The molecule has 1 heterocycles. The van der Waals surface area contributed by atoms with Crippen molar-refractivity contribution in [3.63, 3.8) is 0 Å². The predicted octanol–water partition coefficient (Wildman–Crippen LogP) is 3.38. The second-order valence-corrected chi connectivity index (χ2v) is 5.85. The van der Waals surface area contributed by atoms with Gasteiger partial charge in [0.25, 0.3) is 0 Å². The van der Waals surface area contributed by atoms with Gasteiger partial charge < -0.3 is 10.1 Å². The summed E-state index contributed by atoms with van der Waals surface area (Å²) in [6.07, 6.45) is 4.28. The van der Waals surface area contributed by atoms with Crippen LogP contribution in [-0.4, -0.2) is 25.0 Å². The van der Waals surface area contributed by atoms with E-state index in [1.165, 1.54) is 0 Å². The Morgan fingerprint density at radius 3 is 2.90 bits per heavy atom. The average Bonchev–Trinajstić information content (AvgIpc) is 2.89. The molecular formula is C16H22ClNO2. The normalized spacial score (nSPS) is 21.9. The minimum atomic E-state index is -0.345. The third-order valence-electron chi connectivity index (χ3n) is 4.05. The summed E-state index contributed by atoms with van der Waals surface area (Å²) in [5.41, 5.74) is 0.524. The van der Waals surface area contributed by atoms with Gasteiger partial charge in [0.2, 0.25) is 0 Å². The van der Waals surface area contributed by atoms with Crippen molar-refractivity contribution in [3.05, 3.63) is 28.8 Å². The number of hydrogen-bond donors (Lipinski definition) is 1. The number of halogens is 1. The number of Topliss-reactive ketones (excluding diaryl/α,β-unsaturated/α-hetero) is 1. The Hall–Kier alpha value is -1.06. The lowest BCUT2D eigenvalue weighted by Gasteiger charge is -2.28. The molecule has 0 amide bonds. The first-order valence-corrected chi connectivity index (χ1v) is 7.60. The van der Waals surface area contributed by atoms with Crippen LogP contribution in [0.3, 0.4) is 0 Å². The fourth-order valence-electron chi connectivity index (χ4n) is 3.05. The van der Waals surface area contributed by atoms with Gasteiger partial charge in [-0.05, 0) is 44.0 Å². The Kier molecular flexibility index (Phi) is 5.06. The standard InChI is InChI=1S/C16H22ClNO2/c1-3-7-16(8-4-9-18-16)15(19)11-12-10-13(17)5-6-14(12)20-2/h5-6,10,18H,3-4,7-9,11H2,1-2H3. The first kappa shape index (κ1) is 15.3. The van der Waals surface area contributed by atoms with Gasteiger partial charge >= 0.3 is 0 Å². The fourth-order valence-corrected chi connectivity index (χ4v) is 3.25. The third kappa shape index (κ3) is 3.15. The van der Waals surface area contributed by atoms with E-state index in [4.69, 9.17) is 16.3 Å². The summed E-state index contributed by atoms with van der Waals surface area (Å²) >= 11 is 6.03. The third-order valence-corrected chi connectivity index (χ3v) is 4.28. The van der Waals surface area contributed by atoms with Gasteiger partial charge in [-0.1, -0.05) is 24.9 Å². The van der Waals surface area contributed by atoms with Crippen molar-refractivity contribution in [2.75, 3.05) is 13.7 Å². The van der Waals surface area contributed by atoms with Crippen LogP contribution >= 0.6 is 11.6 Å². The number of methoxy groups -OCH3 is 1. The van der Waals surface area contributed by atoms with Crippen LogP contribution in [0, 0.1) is 0 Å². The van der Waals surface area contributed by atoms with Crippen LogP contribution in [0.25, 0.3) is 0 Å². The van der Waals surface area contributed by atoms with Crippen molar-refractivity contribution in [1.82, 2.24) is 5.32 Å². The molecule has 0 saturated carbocycles. The smallest absolute Gasteiger partial charge is 0.157 e. The molecule has 20 heavy (non-hydrogen) atoms. The van der Waals surface area contributed by atoms with Gasteiger partial charge in [-0.15, -0.1) is 0 Å². The maximum Gasteiger partial charge on any atom is 0.157 e. The molecule has 1 fully saturated rings. The quantitative estimate of drug-likeness (QED) is 0.874. The fraction of sp³-hybridized carbons (Fsp3) is 0.562. The Balaban J connectivity index is 2.20. The maximum absolute atomic E-state index is 12.7. The van der Waals surface area contributed by atoms with Gasteiger partial charge in [-0.3, -0.25) is 4.79 Å². The molecular weight excluding hydrogens is 274 g/mol. The molecule has 1 atom stereocenters. The van der Waals surface area contributed by atoms with E-state index in [2.05, 4.69) is 12.2 Å². The minimum absolute atomic E-state index is 0.248. The molecule has 1 unspecified atom stereocenters. The van der Waals surface area contributed by atoms with E-state index >= 15 is 0 Å². The zero-order valence-electron chi connectivity index (χ0n) is 12.2. The second kappa shape index (κ2) is 6.59. The Bertz CT molecular complexity index is 481. The van der Waals surface area contributed by atoms with Crippen molar-refractivity contribution in [2.45, 2.75) is 44.6 Å². The van der Waals surface area contributed by atoms with Crippen LogP contribution in [0.2, 0.25) is 5.02 Å². The van der Waals surface area contributed by atoms with Crippen LogP contribution in [0.1, 0.15) is 38.2 Å². The Labute approximate surface area is 125 Å². The molecule has 1 N–H and O–H groups in total. The molecule has 0 bridgehead atoms. The predicted molar refractivity (Wildman–Crippen MR) is 81.6 cm³/mol. The first-order valence-electron chi connectivity index (χ1n) is 7.22. The average molecular weight is 296 g/mol. The van der Waals surface area contributed by atoms with E-state index < -0.39 is 0 Å². The highest BCUT2D eigenvalue weighted by Gasteiger charge is 2.39. The molecule has 4 heteroatoms. The summed E-state index contributed by atoms with van der Waals surface area (Å²) in [6.45, 7) is 3.05. The zero-order chi connectivity index (χ0) is 14.6. The molecule has 110 valence electrons. The summed E-state index contributed by atoms with van der Waals surface area (Å²) < 4.78 is 5.33. The van der Waals surface area contributed by atoms with Gasteiger partial charge in [-0.2, -0.15) is 0 Å². The Morgan fingerprint density at radius 2 is 2.30 bits per heavy atom. The molecule has 0 aliphatic carbocycles. The van der Waals surface area contributed by atoms with Crippen molar-refractivity contribution in [1.29, 1.82) is 0 Å². The number of nitrogens with one attached hydrogen (secondary N) is 1. The molecule has 1 aromatic rings. The maximum atomic E-state index is 12.7. The van der Waals surface area contributed by atoms with Gasteiger partial charge in [-0.25, -0.2) is 0 Å². The summed E-state index contributed by atoms with van der Waals surface area (Å²) in [5, 5.41) is 4.06. The number of ketones is 1. The van der Waals surface area contributed by atoms with Crippen molar-refractivity contribution >= 4 is 17.4 Å². The molecule has 0 radical (unpaired) electrons. The van der Waals surface area contributed by atoms with Gasteiger partial charge in [0.1, 0.15) is 5.75 Å². The number of rotatable bonds is 6. The van der Waals surface area contributed by atoms with E-state index in [9.17, 15) is 4.79 Å². The summed E-state index contributed by atoms with van der Waals surface area (Å²) in [7, 11) is 1.62. The van der Waals surface area contributed by atoms with E-state index in [0.717, 1.165) is 43.5 Å². The molecule has 2 rings (SSSR count). The summed E-state index contributed by atoms with van der Waals surface area (Å²) in [5.74, 6) is 0.977. The number of hydrogen-bond acceptors (Lipinski definition) is 3. The summed E-state index contributed by atoms with van der Waals surface area (Å²) in [4.78, 5) is 12.7. The molecule has 3 nitrogen and oxygen atoms in total. The van der Waals surface area contributed by atoms with Crippen molar-refractivity contribution in [3.8, 4) is 5.75 Å². The Morgan fingerprint density at radius 1 is 1.50 bits per heavy atom. The zero-order valence-corrected chi connectivity index (χ0v) is 12.9. The van der Waals surface area contributed by atoms with E-state index in [-0.39, 0.29) is 11.3 Å². The molecule has 0 aromatic heterocycles. The lowest BCUT2D eigenvalue weighted by atomic mass is 9.84. The van der Waals surface area contributed by atoms with Gasteiger partial charge in [0, 0.05) is 17.0 Å². The molecule has 1 aliphatic rings. The van der Waals surface area contributed by atoms with Crippen LogP contribution in [0.4, 0.5) is 0 Å². The molecule has 1 saturated heterocycles. The number of benzene rings is 1. The lowest BCUT2D eigenvalue weighted by molar-refractivity contribution is -0.124. The molecule has 1 aliphatic heterocycles. The second-order valence-electron chi connectivity index (χ2n) is 5.42. The number of carbonyl (C=O) groups is 1. The highest BCUT2D eigenvalue weighted by atomic mass is 35.5. The van der Waals surface area contributed by atoms with Gasteiger partial charge in [0.05, 0.1) is 12.6 Å². The van der Waals surface area contributed by atoms with E-state index in [1.54, 1.807) is 13.2 Å². The minimum Gasteiger partial charge on any atom is -0.496 e. The SMILES string of the molecule is CCCC1(C(=O)Cc2cc(Cl)ccc2OC)CCCN1. The first-order chi connectivity index (χ1) is 9.61. The molecule has 1 aromatic carbocycles. The lowest BCUT2D eigenvalue weighted by Crippen LogP contribution is -2.48. The largest absolute Gasteiger partial charge is 0.496 e. The van der Waals surface area contributed by atoms with Crippen molar-refractivity contribution in [2.24, 2.45) is 0 Å². The van der Waals surface area contributed by atoms with Gasteiger partial charge in [0.15, 0.2) is 5.78 Å². The number of carbonyl (C=O) groups excluding carboxylic acids is 1. The van der Waals surface area contributed by atoms with E-state index in [1.807, 2.05) is 12.1 Å². The van der Waals surface area contributed by atoms with Crippen molar-refractivity contribution < 1.29 is 9.53 Å².